The minimum Gasteiger partial charge on any atom is -0.369 e. The van der Waals surface area contributed by atoms with Gasteiger partial charge in [-0.05, 0) is 74.4 Å². The Balaban J connectivity index is 2.04. The van der Waals surface area contributed by atoms with E-state index in [1.807, 2.05) is 0 Å². The molecule has 4 heteroatoms. The average molecular weight is 354 g/mol. The zero-order chi connectivity index (χ0) is 15.5. The third-order valence-electron chi connectivity index (χ3n) is 3.90. The lowest BCUT2D eigenvalue weighted by Crippen LogP contribution is -2.35. The van der Waals surface area contributed by atoms with Gasteiger partial charge < -0.3 is 15.1 Å². The summed E-state index contributed by atoms with van der Waals surface area (Å²) in [5.74, 6) is 0. The third-order valence-corrected chi connectivity index (χ3v) is 4.53. The second-order valence-corrected chi connectivity index (χ2v) is 7.89. The Morgan fingerprint density at radius 3 is 2.57 bits per heavy atom. The minimum atomic E-state index is 0.153. The molecule has 21 heavy (non-hydrogen) atoms. The molecule has 1 aromatic rings. The van der Waals surface area contributed by atoms with Crippen LogP contribution in [0.4, 0.5) is 5.69 Å². The fourth-order valence-corrected chi connectivity index (χ4v) is 3.25. The number of rotatable bonds is 3. The van der Waals surface area contributed by atoms with Crippen LogP contribution >= 0.6 is 15.9 Å². The molecular formula is C17H28BrN3. The van der Waals surface area contributed by atoms with E-state index in [0.717, 1.165) is 26.2 Å². The number of nitrogens with zero attached hydrogens (tertiary/aromatic N) is 2. The van der Waals surface area contributed by atoms with Crippen molar-refractivity contribution in [3.63, 3.8) is 0 Å². The zero-order valence-electron chi connectivity index (χ0n) is 13.7. The van der Waals surface area contributed by atoms with Gasteiger partial charge in [-0.2, -0.15) is 0 Å². The largest absolute Gasteiger partial charge is 0.369 e. The highest BCUT2D eigenvalue weighted by molar-refractivity contribution is 9.10. The molecule has 118 valence electrons. The molecule has 0 saturated carbocycles. The van der Waals surface area contributed by atoms with Crippen LogP contribution in [0.2, 0.25) is 0 Å². The first-order valence-corrected chi connectivity index (χ1v) is 8.61. The van der Waals surface area contributed by atoms with Crippen LogP contribution in [0.5, 0.6) is 0 Å². The van der Waals surface area contributed by atoms with Gasteiger partial charge >= 0.3 is 0 Å². The van der Waals surface area contributed by atoms with Crippen LogP contribution in [0.25, 0.3) is 0 Å². The number of nitrogens with one attached hydrogen (secondary N) is 1. The van der Waals surface area contributed by atoms with E-state index in [-0.39, 0.29) is 5.54 Å². The average Bonchev–Trinajstić information content (AvgIpc) is 2.61. The van der Waals surface area contributed by atoms with Crippen molar-refractivity contribution in [2.75, 3.05) is 38.1 Å². The van der Waals surface area contributed by atoms with Crippen LogP contribution < -0.4 is 10.2 Å². The molecule has 1 fully saturated rings. The Bertz CT molecular complexity index is 468. The SMILES string of the molecule is CN1CCCN(c2ccc(CNC(C)(C)C)cc2Br)CC1. The van der Waals surface area contributed by atoms with Gasteiger partial charge in [0.1, 0.15) is 0 Å². The summed E-state index contributed by atoms with van der Waals surface area (Å²) in [4.78, 5) is 4.91. The molecule has 0 atom stereocenters. The Hall–Kier alpha value is -0.580. The molecule has 1 heterocycles. The van der Waals surface area contributed by atoms with Crippen molar-refractivity contribution in [2.45, 2.75) is 39.3 Å². The number of benzene rings is 1. The van der Waals surface area contributed by atoms with Crippen LogP contribution in [0.3, 0.4) is 0 Å². The maximum atomic E-state index is 3.76. The van der Waals surface area contributed by atoms with E-state index in [1.165, 1.54) is 28.7 Å². The van der Waals surface area contributed by atoms with E-state index in [0.29, 0.717) is 0 Å². The van der Waals surface area contributed by atoms with Crippen molar-refractivity contribution in [3.05, 3.63) is 28.2 Å². The van der Waals surface area contributed by atoms with E-state index in [2.05, 4.69) is 77.1 Å². The Kier molecular flexibility index (Phi) is 5.69. The molecule has 1 aliphatic rings. The first-order chi connectivity index (χ1) is 9.85. The maximum Gasteiger partial charge on any atom is 0.0511 e. The highest BCUT2D eigenvalue weighted by Gasteiger charge is 2.15. The minimum absolute atomic E-state index is 0.153. The van der Waals surface area contributed by atoms with Crippen LogP contribution in [0, 0.1) is 0 Å². The molecule has 1 aromatic carbocycles. The summed E-state index contributed by atoms with van der Waals surface area (Å²) in [6, 6.07) is 6.76. The van der Waals surface area contributed by atoms with Crippen LogP contribution in [0.1, 0.15) is 32.8 Å². The van der Waals surface area contributed by atoms with Gasteiger partial charge in [-0.25, -0.2) is 0 Å². The van der Waals surface area contributed by atoms with Gasteiger partial charge in [0.05, 0.1) is 5.69 Å². The van der Waals surface area contributed by atoms with Gasteiger partial charge in [0.2, 0.25) is 0 Å². The predicted octanol–water partition coefficient (Wildman–Crippen LogP) is 3.48. The molecule has 1 saturated heterocycles. The standard InChI is InChI=1S/C17H28BrN3/c1-17(2,3)19-13-14-6-7-16(15(18)12-14)21-9-5-8-20(4)10-11-21/h6-7,12,19H,5,8-11,13H2,1-4H3. The monoisotopic (exact) mass is 353 g/mol. The molecule has 0 spiro atoms. The fraction of sp³-hybridized carbons (Fsp3) is 0.647. The maximum absolute atomic E-state index is 3.76. The predicted molar refractivity (Wildman–Crippen MR) is 95.1 cm³/mol. The molecule has 1 aliphatic heterocycles. The molecule has 3 nitrogen and oxygen atoms in total. The molecule has 2 rings (SSSR count). The molecule has 0 aliphatic carbocycles. The summed E-state index contributed by atoms with van der Waals surface area (Å²) < 4.78 is 1.21. The van der Waals surface area contributed by atoms with Crippen molar-refractivity contribution in [2.24, 2.45) is 0 Å². The van der Waals surface area contributed by atoms with Crippen LogP contribution in [-0.4, -0.2) is 43.7 Å². The Morgan fingerprint density at radius 2 is 1.90 bits per heavy atom. The highest BCUT2D eigenvalue weighted by atomic mass is 79.9. The van der Waals surface area contributed by atoms with Gasteiger partial charge in [-0.1, -0.05) is 6.07 Å². The van der Waals surface area contributed by atoms with Crippen LogP contribution in [0.15, 0.2) is 22.7 Å². The molecule has 1 N–H and O–H groups in total. The third kappa shape index (κ3) is 5.28. The van der Waals surface area contributed by atoms with E-state index in [4.69, 9.17) is 0 Å². The van der Waals surface area contributed by atoms with Gasteiger partial charge in [0, 0.05) is 36.2 Å². The van der Waals surface area contributed by atoms with Crippen LogP contribution in [-0.2, 0) is 6.54 Å². The summed E-state index contributed by atoms with van der Waals surface area (Å²) in [6.45, 7) is 12.1. The quantitative estimate of drug-likeness (QED) is 0.897. The Labute approximate surface area is 137 Å². The lowest BCUT2D eigenvalue weighted by atomic mass is 10.1. The number of halogens is 1. The first-order valence-electron chi connectivity index (χ1n) is 7.82. The van der Waals surface area contributed by atoms with E-state index in [9.17, 15) is 0 Å². The number of likely N-dealkylation sites (N-methyl/N-ethyl adjacent to an activating group) is 1. The van der Waals surface area contributed by atoms with E-state index >= 15 is 0 Å². The second-order valence-electron chi connectivity index (χ2n) is 7.03. The molecule has 0 amide bonds. The number of hydrogen-bond acceptors (Lipinski definition) is 3. The normalized spacial score (nSPS) is 17.9. The summed E-state index contributed by atoms with van der Waals surface area (Å²) in [5.41, 5.74) is 2.80. The van der Waals surface area contributed by atoms with E-state index < -0.39 is 0 Å². The van der Waals surface area contributed by atoms with Crippen molar-refractivity contribution in [1.82, 2.24) is 10.2 Å². The molecule has 0 aromatic heterocycles. The number of hydrogen-bond donors (Lipinski definition) is 1. The summed E-state index contributed by atoms with van der Waals surface area (Å²) in [7, 11) is 2.21. The van der Waals surface area contributed by atoms with Crippen molar-refractivity contribution >= 4 is 21.6 Å². The van der Waals surface area contributed by atoms with Gasteiger partial charge in [0.25, 0.3) is 0 Å². The lowest BCUT2D eigenvalue weighted by Gasteiger charge is -2.25. The smallest absolute Gasteiger partial charge is 0.0511 e. The molecule has 0 bridgehead atoms. The second kappa shape index (κ2) is 7.12. The van der Waals surface area contributed by atoms with Crippen molar-refractivity contribution < 1.29 is 0 Å². The summed E-state index contributed by atoms with van der Waals surface area (Å²) in [5, 5.41) is 3.54. The van der Waals surface area contributed by atoms with E-state index in [1.54, 1.807) is 0 Å². The molecular weight excluding hydrogens is 326 g/mol. The first kappa shape index (κ1) is 16.8. The molecule has 0 unspecified atom stereocenters. The topological polar surface area (TPSA) is 18.5 Å². The molecule has 0 radical (unpaired) electrons. The van der Waals surface area contributed by atoms with Gasteiger partial charge in [0.15, 0.2) is 0 Å². The van der Waals surface area contributed by atoms with Crippen molar-refractivity contribution in [3.8, 4) is 0 Å². The lowest BCUT2D eigenvalue weighted by molar-refractivity contribution is 0.360. The summed E-state index contributed by atoms with van der Waals surface area (Å²) >= 11 is 3.76. The summed E-state index contributed by atoms with van der Waals surface area (Å²) in [6.07, 6.45) is 1.23. The zero-order valence-corrected chi connectivity index (χ0v) is 15.3. The van der Waals surface area contributed by atoms with Gasteiger partial charge in [-0.3, -0.25) is 0 Å². The highest BCUT2D eigenvalue weighted by Crippen LogP contribution is 2.28. The fourth-order valence-electron chi connectivity index (χ4n) is 2.57. The van der Waals surface area contributed by atoms with Gasteiger partial charge in [-0.15, -0.1) is 0 Å². The Morgan fingerprint density at radius 1 is 1.14 bits per heavy atom. The number of anilines is 1. The van der Waals surface area contributed by atoms with Crippen molar-refractivity contribution in [1.29, 1.82) is 0 Å².